The van der Waals surface area contributed by atoms with Crippen molar-refractivity contribution in [3.63, 3.8) is 0 Å². The van der Waals surface area contributed by atoms with Crippen LogP contribution in [0.4, 0.5) is 0 Å². The average molecular weight is 419 g/mol. The number of para-hydroxylation sites is 1. The van der Waals surface area contributed by atoms with Gasteiger partial charge in [0.05, 0.1) is 24.2 Å². The summed E-state index contributed by atoms with van der Waals surface area (Å²) in [6, 6.07) is 10.1. The second-order valence-electron chi connectivity index (χ2n) is 9.22. The molecule has 1 saturated carbocycles. The summed E-state index contributed by atoms with van der Waals surface area (Å²) in [4.78, 5) is 0. The maximum absolute atomic E-state index is 11.3. The third kappa shape index (κ3) is 2.21. The van der Waals surface area contributed by atoms with Crippen LogP contribution in [0, 0.1) is 5.92 Å². The summed E-state index contributed by atoms with van der Waals surface area (Å²) < 4.78 is 19.3. The van der Waals surface area contributed by atoms with Gasteiger partial charge >= 0.3 is 0 Å². The molecular formula is C27H30O4. The molecule has 4 aliphatic carbocycles. The molecule has 2 aromatic rings. The van der Waals surface area contributed by atoms with Crippen molar-refractivity contribution in [2.45, 2.75) is 63.4 Å². The number of fused-ring (bicyclic) bond motifs is 4. The topological polar surface area (TPSA) is 47.9 Å². The van der Waals surface area contributed by atoms with Crippen LogP contribution in [0.15, 0.2) is 42.2 Å². The highest BCUT2D eigenvalue weighted by Gasteiger charge is 2.75. The smallest absolute Gasteiger partial charge is 0.170 e. The predicted molar refractivity (Wildman–Crippen MR) is 119 cm³/mol. The van der Waals surface area contributed by atoms with Crippen molar-refractivity contribution in [3.05, 3.63) is 64.4 Å². The van der Waals surface area contributed by atoms with Gasteiger partial charge in [0.25, 0.3) is 0 Å². The lowest BCUT2D eigenvalue weighted by Gasteiger charge is -2.57. The number of benzene rings is 2. The molecule has 1 spiro atoms. The summed E-state index contributed by atoms with van der Waals surface area (Å²) in [5.41, 5.74) is 4.09. The van der Waals surface area contributed by atoms with E-state index in [4.69, 9.17) is 14.2 Å². The van der Waals surface area contributed by atoms with E-state index in [1.54, 1.807) is 0 Å². The number of aromatic hydroxyl groups is 1. The molecule has 0 heterocycles. The fourth-order valence-corrected chi connectivity index (χ4v) is 7.07. The van der Waals surface area contributed by atoms with Gasteiger partial charge < -0.3 is 19.3 Å². The molecule has 6 rings (SSSR count). The molecule has 162 valence electrons. The van der Waals surface area contributed by atoms with Crippen molar-refractivity contribution >= 4 is 0 Å². The van der Waals surface area contributed by atoms with E-state index in [9.17, 15) is 5.11 Å². The second kappa shape index (κ2) is 6.69. The maximum atomic E-state index is 11.3. The summed E-state index contributed by atoms with van der Waals surface area (Å²) in [7, 11) is 0. The quantitative estimate of drug-likeness (QED) is 0.669. The molecule has 3 atom stereocenters. The van der Waals surface area contributed by atoms with Crippen LogP contribution in [0.3, 0.4) is 0 Å². The lowest BCUT2D eigenvalue weighted by Crippen LogP contribution is -2.60. The van der Waals surface area contributed by atoms with Crippen LogP contribution in [0.25, 0.3) is 0 Å². The van der Waals surface area contributed by atoms with Gasteiger partial charge in [-0.2, -0.15) is 0 Å². The number of allylic oxidation sites excluding steroid dienone is 1. The van der Waals surface area contributed by atoms with Gasteiger partial charge in [-0.1, -0.05) is 24.6 Å². The van der Waals surface area contributed by atoms with E-state index >= 15 is 0 Å². The fraction of sp³-hybridized carbons (Fsp3) is 0.481. The molecule has 1 N–H and O–H groups in total. The van der Waals surface area contributed by atoms with Gasteiger partial charge in [-0.05, 0) is 69.2 Å². The Morgan fingerprint density at radius 1 is 0.968 bits per heavy atom. The molecular weight excluding hydrogens is 388 g/mol. The zero-order valence-corrected chi connectivity index (χ0v) is 18.4. The number of hydrogen-bond acceptors (Lipinski definition) is 4. The van der Waals surface area contributed by atoms with Crippen LogP contribution in [-0.2, 0) is 28.6 Å². The second-order valence-corrected chi connectivity index (χ2v) is 9.22. The predicted octanol–water partition coefficient (Wildman–Crippen LogP) is 5.54. The van der Waals surface area contributed by atoms with E-state index < -0.39 is 5.60 Å². The lowest BCUT2D eigenvalue weighted by atomic mass is 9.50. The lowest BCUT2D eigenvalue weighted by molar-refractivity contribution is -0.0169. The Hall–Kier alpha value is -2.62. The summed E-state index contributed by atoms with van der Waals surface area (Å²) in [6.45, 7) is 5.19. The average Bonchev–Trinajstić information content (AvgIpc) is 3.47. The highest BCUT2D eigenvalue weighted by atomic mass is 16.5. The molecule has 0 bridgehead atoms. The van der Waals surface area contributed by atoms with Crippen molar-refractivity contribution in [1.29, 1.82) is 0 Å². The summed E-state index contributed by atoms with van der Waals surface area (Å²) >= 11 is 0. The summed E-state index contributed by atoms with van der Waals surface area (Å²) in [6.07, 6.45) is 8.61. The number of phenols is 1. The van der Waals surface area contributed by atoms with Crippen LogP contribution < -0.4 is 9.47 Å². The van der Waals surface area contributed by atoms with Crippen molar-refractivity contribution in [3.8, 4) is 17.2 Å². The Balaban J connectivity index is 1.65. The maximum Gasteiger partial charge on any atom is 0.170 e. The molecule has 4 heteroatoms. The number of hydrogen-bond donors (Lipinski definition) is 1. The highest BCUT2D eigenvalue weighted by molar-refractivity contribution is 5.75. The van der Waals surface area contributed by atoms with Gasteiger partial charge in [-0.15, -0.1) is 0 Å². The Kier molecular flexibility index (Phi) is 4.12. The zero-order chi connectivity index (χ0) is 21.2. The Bertz CT molecular complexity index is 1070. The van der Waals surface area contributed by atoms with Gasteiger partial charge in [-0.3, -0.25) is 0 Å². The van der Waals surface area contributed by atoms with Crippen molar-refractivity contribution in [2.24, 2.45) is 5.92 Å². The molecule has 4 nitrogen and oxygen atoms in total. The van der Waals surface area contributed by atoms with Gasteiger partial charge in [0, 0.05) is 17.6 Å². The molecule has 4 aliphatic rings. The number of phenolic OH excluding ortho intramolecular Hbond substituents is 1. The van der Waals surface area contributed by atoms with E-state index in [2.05, 4.69) is 13.0 Å². The summed E-state index contributed by atoms with van der Waals surface area (Å²) in [5, 5.41) is 11.3. The van der Waals surface area contributed by atoms with Crippen LogP contribution in [0.1, 0.15) is 61.8 Å². The molecule has 31 heavy (non-hydrogen) atoms. The zero-order valence-electron chi connectivity index (χ0n) is 18.4. The van der Waals surface area contributed by atoms with Crippen LogP contribution in [0.2, 0.25) is 0 Å². The highest BCUT2D eigenvalue weighted by Crippen LogP contribution is 2.75. The van der Waals surface area contributed by atoms with Gasteiger partial charge in [-0.25, -0.2) is 0 Å². The largest absolute Gasteiger partial charge is 0.504 e. The minimum Gasteiger partial charge on any atom is -0.504 e. The summed E-state index contributed by atoms with van der Waals surface area (Å²) in [5.74, 6) is 3.17. The van der Waals surface area contributed by atoms with Crippen LogP contribution in [0.5, 0.6) is 17.2 Å². The first kappa shape index (κ1) is 19.1. The minimum atomic E-state index is -0.658. The monoisotopic (exact) mass is 418 g/mol. The molecule has 0 amide bonds. The SMILES string of the molecule is CCOC1=C[C@]2(Oc3ccccc3)c3c(OCC)c(O)c4c(c3[C@@]23CCC[C@@H]13)CCC4. The van der Waals surface area contributed by atoms with Crippen LogP contribution in [-0.4, -0.2) is 18.3 Å². The normalized spacial score (nSPS) is 29.4. The number of rotatable bonds is 6. The third-order valence-electron chi connectivity index (χ3n) is 7.95. The molecule has 0 aromatic heterocycles. The van der Waals surface area contributed by atoms with Crippen LogP contribution >= 0.6 is 0 Å². The number of ether oxygens (including phenoxy) is 3. The van der Waals surface area contributed by atoms with Crippen molar-refractivity contribution in [1.82, 2.24) is 0 Å². The van der Waals surface area contributed by atoms with Crippen molar-refractivity contribution in [2.75, 3.05) is 13.2 Å². The van der Waals surface area contributed by atoms with E-state index in [1.807, 2.05) is 37.3 Å². The van der Waals surface area contributed by atoms with Gasteiger partial charge in [0.2, 0.25) is 0 Å². The van der Waals surface area contributed by atoms with E-state index in [1.165, 1.54) is 11.1 Å². The molecule has 0 aliphatic heterocycles. The molecule has 1 fully saturated rings. The van der Waals surface area contributed by atoms with Gasteiger partial charge in [0.15, 0.2) is 17.1 Å². The molecule has 0 saturated heterocycles. The van der Waals surface area contributed by atoms with Crippen molar-refractivity contribution < 1.29 is 19.3 Å². The third-order valence-corrected chi connectivity index (χ3v) is 7.95. The van der Waals surface area contributed by atoms with E-state index in [0.717, 1.165) is 61.2 Å². The molecule has 0 radical (unpaired) electrons. The molecule has 2 aromatic carbocycles. The Morgan fingerprint density at radius 2 is 1.74 bits per heavy atom. The first-order valence-electron chi connectivity index (χ1n) is 11.8. The van der Waals surface area contributed by atoms with E-state index in [0.29, 0.717) is 30.6 Å². The minimum absolute atomic E-state index is 0.128. The standard InChI is InChI=1S/C27H30O4/c1-3-29-21-16-27(31-17-10-6-5-7-11-17)23-22(26(27)15-9-14-20(21)26)18-12-8-13-19(18)24(28)25(23)30-4-2/h5-7,10-11,16,20,28H,3-4,8-9,12-15H2,1-2H3/t20-,26-,27-/m0/s1. The Labute approximate surface area is 183 Å². The molecule has 0 unspecified atom stereocenters. The Morgan fingerprint density at radius 3 is 2.52 bits per heavy atom. The first-order chi connectivity index (χ1) is 15.2. The fourth-order valence-electron chi connectivity index (χ4n) is 7.07. The first-order valence-corrected chi connectivity index (χ1v) is 11.8. The van der Waals surface area contributed by atoms with Gasteiger partial charge in [0.1, 0.15) is 11.5 Å². The van der Waals surface area contributed by atoms with E-state index in [-0.39, 0.29) is 5.41 Å².